The Bertz CT molecular complexity index is 834. The molecule has 0 bridgehead atoms. The molecule has 0 heterocycles. The standard InChI is InChI=1S/C18H17N3O3S/c1-24-15-9-5-2-6-12(15)10-11-16(22)21-18(25)20-14-8-4-3-7-13(14)17(19)23/h2-11H,1H3,(H2,19,23)(H2,20,21,22,25)/b11-10+. The first kappa shape index (κ1) is 18.2. The summed E-state index contributed by atoms with van der Waals surface area (Å²) in [5.41, 5.74) is 6.77. The zero-order valence-corrected chi connectivity index (χ0v) is 14.3. The first-order chi connectivity index (χ1) is 12.0. The van der Waals surface area contributed by atoms with Gasteiger partial charge in [0.1, 0.15) is 5.75 Å². The van der Waals surface area contributed by atoms with Gasteiger partial charge in [0.2, 0.25) is 5.91 Å². The number of hydrogen-bond donors (Lipinski definition) is 3. The highest BCUT2D eigenvalue weighted by Gasteiger charge is 2.09. The van der Waals surface area contributed by atoms with E-state index in [2.05, 4.69) is 10.6 Å². The van der Waals surface area contributed by atoms with Crippen LogP contribution in [-0.2, 0) is 4.79 Å². The maximum atomic E-state index is 12.0. The van der Waals surface area contributed by atoms with Crippen molar-refractivity contribution in [1.82, 2.24) is 5.32 Å². The van der Waals surface area contributed by atoms with Crippen molar-refractivity contribution in [2.24, 2.45) is 5.73 Å². The molecule has 0 aliphatic rings. The Kier molecular flexibility index (Phi) is 6.25. The van der Waals surface area contributed by atoms with Gasteiger partial charge in [0, 0.05) is 11.6 Å². The summed E-state index contributed by atoms with van der Waals surface area (Å²) >= 11 is 5.08. The minimum absolute atomic E-state index is 0.0587. The largest absolute Gasteiger partial charge is 0.496 e. The minimum atomic E-state index is -0.590. The molecular formula is C18H17N3O3S. The lowest BCUT2D eigenvalue weighted by atomic mass is 10.1. The van der Waals surface area contributed by atoms with Crippen molar-refractivity contribution in [3.63, 3.8) is 0 Å². The molecule has 0 radical (unpaired) electrons. The number of para-hydroxylation sites is 2. The molecule has 0 atom stereocenters. The molecule has 0 fully saturated rings. The van der Waals surface area contributed by atoms with E-state index in [1.54, 1.807) is 43.5 Å². The van der Waals surface area contributed by atoms with Crippen LogP contribution in [0.15, 0.2) is 54.6 Å². The number of amides is 2. The molecule has 4 N–H and O–H groups in total. The molecule has 0 saturated heterocycles. The van der Waals surface area contributed by atoms with Gasteiger partial charge in [-0.3, -0.25) is 14.9 Å². The quantitative estimate of drug-likeness (QED) is 0.565. The van der Waals surface area contributed by atoms with Crippen molar-refractivity contribution in [1.29, 1.82) is 0 Å². The summed E-state index contributed by atoms with van der Waals surface area (Å²) in [6.45, 7) is 0. The van der Waals surface area contributed by atoms with Gasteiger partial charge in [0.15, 0.2) is 5.11 Å². The van der Waals surface area contributed by atoms with E-state index in [1.807, 2.05) is 18.2 Å². The maximum Gasteiger partial charge on any atom is 0.250 e. The molecule has 0 spiro atoms. The molecule has 0 saturated carbocycles. The molecule has 2 aromatic carbocycles. The van der Waals surface area contributed by atoms with Crippen molar-refractivity contribution >= 4 is 40.9 Å². The number of thiocarbonyl (C=S) groups is 1. The average molecular weight is 355 g/mol. The first-order valence-corrected chi connectivity index (χ1v) is 7.74. The maximum absolute atomic E-state index is 12.0. The van der Waals surface area contributed by atoms with Gasteiger partial charge in [-0.25, -0.2) is 0 Å². The number of methoxy groups -OCH3 is 1. The van der Waals surface area contributed by atoms with Gasteiger partial charge < -0.3 is 15.8 Å². The van der Waals surface area contributed by atoms with Crippen molar-refractivity contribution in [2.75, 3.05) is 12.4 Å². The summed E-state index contributed by atoms with van der Waals surface area (Å²) in [4.78, 5) is 23.4. The molecule has 0 aromatic heterocycles. The number of nitrogens with one attached hydrogen (secondary N) is 2. The summed E-state index contributed by atoms with van der Waals surface area (Å²) in [7, 11) is 1.56. The molecule has 0 aliphatic carbocycles. The van der Waals surface area contributed by atoms with Crippen LogP contribution in [-0.4, -0.2) is 24.0 Å². The fourth-order valence-corrected chi connectivity index (χ4v) is 2.29. The van der Waals surface area contributed by atoms with E-state index in [0.717, 1.165) is 5.56 Å². The summed E-state index contributed by atoms with van der Waals surface area (Å²) < 4.78 is 5.21. The number of primary amides is 1. The van der Waals surface area contributed by atoms with Crippen LogP contribution in [0, 0.1) is 0 Å². The predicted octanol–water partition coefficient (Wildman–Crippen LogP) is 2.32. The molecule has 2 amide bonds. The molecule has 7 heteroatoms. The lowest BCUT2D eigenvalue weighted by Gasteiger charge is -2.11. The molecular weight excluding hydrogens is 338 g/mol. The van der Waals surface area contributed by atoms with Gasteiger partial charge in [-0.15, -0.1) is 0 Å². The third kappa shape index (κ3) is 5.15. The summed E-state index contributed by atoms with van der Waals surface area (Å²) in [5.74, 6) is -0.351. The van der Waals surface area contributed by atoms with E-state index in [-0.39, 0.29) is 10.7 Å². The summed E-state index contributed by atoms with van der Waals surface area (Å²) in [6, 6.07) is 13.9. The minimum Gasteiger partial charge on any atom is -0.496 e. The molecule has 0 aliphatic heterocycles. The van der Waals surface area contributed by atoms with Crippen LogP contribution >= 0.6 is 12.2 Å². The van der Waals surface area contributed by atoms with Gasteiger partial charge in [0.25, 0.3) is 5.91 Å². The van der Waals surface area contributed by atoms with Crippen LogP contribution in [0.3, 0.4) is 0 Å². The van der Waals surface area contributed by atoms with E-state index in [0.29, 0.717) is 11.4 Å². The normalized spacial score (nSPS) is 10.3. The van der Waals surface area contributed by atoms with E-state index in [9.17, 15) is 9.59 Å². The first-order valence-electron chi connectivity index (χ1n) is 7.33. The SMILES string of the molecule is COc1ccccc1/C=C/C(=O)NC(=S)Nc1ccccc1C(N)=O. The van der Waals surface area contributed by atoms with Crippen molar-refractivity contribution in [3.05, 3.63) is 65.7 Å². The smallest absolute Gasteiger partial charge is 0.250 e. The molecule has 0 unspecified atom stereocenters. The number of nitrogens with two attached hydrogens (primary N) is 1. The zero-order valence-electron chi connectivity index (χ0n) is 13.5. The Labute approximate surface area is 150 Å². The van der Waals surface area contributed by atoms with Gasteiger partial charge in [0.05, 0.1) is 18.4 Å². The van der Waals surface area contributed by atoms with E-state index < -0.39 is 11.8 Å². The Hall–Kier alpha value is -3.19. The topological polar surface area (TPSA) is 93.4 Å². The highest BCUT2D eigenvalue weighted by Crippen LogP contribution is 2.18. The average Bonchev–Trinajstić information content (AvgIpc) is 2.60. The molecule has 2 aromatic rings. The highest BCUT2D eigenvalue weighted by molar-refractivity contribution is 7.80. The van der Waals surface area contributed by atoms with Crippen LogP contribution in [0.1, 0.15) is 15.9 Å². The number of carbonyl (C=O) groups is 2. The van der Waals surface area contributed by atoms with E-state index in [4.69, 9.17) is 22.7 Å². The van der Waals surface area contributed by atoms with Gasteiger partial charge in [-0.2, -0.15) is 0 Å². The summed E-state index contributed by atoms with van der Waals surface area (Å²) in [5, 5.41) is 5.35. The van der Waals surface area contributed by atoms with E-state index in [1.165, 1.54) is 6.08 Å². The predicted molar refractivity (Wildman–Crippen MR) is 101 cm³/mol. The van der Waals surface area contributed by atoms with Crippen LogP contribution < -0.4 is 21.1 Å². The number of carbonyl (C=O) groups excluding carboxylic acids is 2. The Morgan fingerprint density at radius 3 is 2.52 bits per heavy atom. The second kappa shape index (κ2) is 8.60. The fraction of sp³-hybridized carbons (Fsp3) is 0.0556. The highest BCUT2D eigenvalue weighted by atomic mass is 32.1. The fourth-order valence-electron chi connectivity index (χ4n) is 2.08. The van der Waals surface area contributed by atoms with Crippen molar-refractivity contribution in [2.45, 2.75) is 0 Å². The van der Waals surface area contributed by atoms with Crippen LogP contribution in [0.5, 0.6) is 5.75 Å². The van der Waals surface area contributed by atoms with Crippen LogP contribution in [0.25, 0.3) is 6.08 Å². The second-order valence-corrected chi connectivity index (χ2v) is 5.34. The zero-order chi connectivity index (χ0) is 18.2. The molecule has 25 heavy (non-hydrogen) atoms. The second-order valence-electron chi connectivity index (χ2n) is 4.93. The number of hydrogen-bond acceptors (Lipinski definition) is 4. The van der Waals surface area contributed by atoms with Gasteiger partial charge in [-0.05, 0) is 36.5 Å². The van der Waals surface area contributed by atoms with Gasteiger partial charge >= 0.3 is 0 Å². The number of ether oxygens (including phenoxy) is 1. The summed E-state index contributed by atoms with van der Waals surface area (Å²) in [6.07, 6.45) is 2.96. The lowest BCUT2D eigenvalue weighted by molar-refractivity contribution is -0.115. The van der Waals surface area contributed by atoms with Gasteiger partial charge in [-0.1, -0.05) is 30.3 Å². The lowest BCUT2D eigenvalue weighted by Crippen LogP contribution is -2.33. The Morgan fingerprint density at radius 2 is 1.80 bits per heavy atom. The number of rotatable bonds is 5. The number of anilines is 1. The molecule has 128 valence electrons. The molecule has 6 nitrogen and oxygen atoms in total. The number of benzene rings is 2. The third-order valence-corrected chi connectivity index (χ3v) is 3.43. The van der Waals surface area contributed by atoms with Crippen molar-refractivity contribution in [3.8, 4) is 5.75 Å². The Balaban J connectivity index is 2.00. The van der Waals surface area contributed by atoms with Crippen molar-refractivity contribution < 1.29 is 14.3 Å². The van der Waals surface area contributed by atoms with E-state index >= 15 is 0 Å². The van der Waals surface area contributed by atoms with Crippen LogP contribution in [0.2, 0.25) is 0 Å². The third-order valence-electron chi connectivity index (χ3n) is 3.23. The Morgan fingerprint density at radius 1 is 1.12 bits per heavy atom. The molecule has 2 rings (SSSR count). The monoisotopic (exact) mass is 355 g/mol. The van der Waals surface area contributed by atoms with Crippen LogP contribution in [0.4, 0.5) is 5.69 Å².